The summed E-state index contributed by atoms with van der Waals surface area (Å²) in [6, 6.07) is 25.3. The molecule has 9 heterocycles. The summed E-state index contributed by atoms with van der Waals surface area (Å²) in [5, 5.41) is 32.6. The number of fused-ring (bicyclic) bond motifs is 8. The minimum atomic E-state index is -0.822. The van der Waals surface area contributed by atoms with E-state index >= 15 is 0 Å². The van der Waals surface area contributed by atoms with Gasteiger partial charge in [-0.15, -0.1) is 0 Å². The SMILES string of the molecule is CCCCCCC1(CCCCCC)N=c2c(C)ccc(C)c2=N1.CCCCCCCCn1nc2c(C)ccc(C)c2n1.CCCCCCn1nc2c(C)ccc(C)c2n1.Cc1c(F)c(F)c(C)c2nsnc12.Cc1ccc(C)c2c1=NC(C)(C)N=2.Cc1ccc(C)c2nonc12.Cc1ccc(C)c2nsnc12.Cc1nc2sc(C)nc2s1. The molecule has 0 radical (unpaired) electrons. The van der Waals surface area contributed by atoms with Crippen molar-refractivity contribution in [2.75, 3.05) is 0 Å². The van der Waals surface area contributed by atoms with Gasteiger partial charge in [0, 0.05) is 11.1 Å². The van der Waals surface area contributed by atoms with Gasteiger partial charge in [0.05, 0.1) is 68.0 Å². The summed E-state index contributed by atoms with van der Waals surface area (Å²) >= 11 is 5.57. The standard InChI is InChI=1S/C21H34N2.C16H25N3.C14H21N3.C11H14N2.C8H6F2N2S.C8H8N2O.C8H8N2S.C6H6N2S2/c1-5-7-9-11-15-21(16-12-10-8-6-2)22-19-17(3)13-14-18(4)20(19)23-21;1-4-5-6-7-8-9-12-19-17-15-13(2)10-11-14(3)16(15)18-19;1-4-5-6-7-10-17-15-13-11(2)8-9-12(3)14(13)16-17;1-7-5-6-8(2)10-9(7)12-11(3,4)13-10;1-3-5(9)6(10)4(2)8-7(3)11-13-12-8;2*1-5-3-4-6(2)8-7(5)9-11-10-8;1-3-7-5-6(9-3)8-4(2)10-5/h13-14H,5-12,15-16H2,1-4H3;10-11H,4-9,12H2,1-3H3;8-9H,4-7,10H2,1-3H3;5-6H,1-4H3;1-2H3;2*3-4H,1-2H3;1-2H3. The van der Waals surface area contributed by atoms with Gasteiger partial charge >= 0.3 is 0 Å². The van der Waals surface area contributed by atoms with Crippen LogP contribution in [0.4, 0.5) is 8.78 Å². The second-order valence-electron chi connectivity index (χ2n) is 31.8. The summed E-state index contributed by atoms with van der Waals surface area (Å²) in [4.78, 5) is 34.0. The average molecular weight is 1660 g/mol. The van der Waals surface area contributed by atoms with Crippen LogP contribution >= 0.6 is 46.1 Å². The molecule has 0 spiro atoms. The van der Waals surface area contributed by atoms with E-state index in [0.29, 0.717) is 11.0 Å². The maximum atomic E-state index is 13.2. The Morgan fingerprint density at radius 1 is 0.316 bits per heavy atom. The summed E-state index contributed by atoms with van der Waals surface area (Å²) in [5.41, 5.74) is 23.5. The van der Waals surface area contributed by atoms with E-state index < -0.39 is 11.6 Å². The number of rotatable bonds is 22. The first-order chi connectivity index (χ1) is 56.0. The normalized spacial score (nSPS) is 12.6. The lowest BCUT2D eigenvalue weighted by atomic mass is 9.95. The van der Waals surface area contributed by atoms with Crippen molar-refractivity contribution in [1.29, 1.82) is 0 Å². The highest BCUT2D eigenvalue weighted by Gasteiger charge is 2.31. The van der Waals surface area contributed by atoms with Gasteiger partial charge in [0.25, 0.3) is 0 Å². The molecule has 0 atom stereocenters. The molecule has 0 fully saturated rings. The van der Waals surface area contributed by atoms with Gasteiger partial charge in [-0.3, -0.25) is 20.0 Å². The van der Waals surface area contributed by atoms with Crippen molar-refractivity contribution in [3.8, 4) is 0 Å². The Morgan fingerprint density at radius 3 is 0.915 bits per heavy atom. The van der Waals surface area contributed by atoms with Gasteiger partial charge in [-0.2, -0.15) is 47.5 Å². The van der Waals surface area contributed by atoms with E-state index in [2.05, 4.69) is 230 Å². The van der Waals surface area contributed by atoms with Crippen LogP contribution in [0.1, 0.15) is 258 Å². The molecule has 7 aromatic heterocycles. The van der Waals surface area contributed by atoms with Crippen LogP contribution in [-0.2, 0) is 13.1 Å². The van der Waals surface area contributed by atoms with Crippen molar-refractivity contribution in [3.63, 3.8) is 0 Å². The number of benzene rings is 7. The van der Waals surface area contributed by atoms with Gasteiger partial charge < -0.3 is 0 Å². The number of nitrogens with zero attached hydrogens (tertiary/aromatic N) is 18. The van der Waals surface area contributed by atoms with Crippen molar-refractivity contribution in [1.82, 2.24) is 67.8 Å². The number of aryl methyl sites for hydroxylation is 18. The van der Waals surface area contributed by atoms with Crippen LogP contribution in [0, 0.1) is 122 Å². The van der Waals surface area contributed by atoms with Gasteiger partial charge in [-0.05, 0) is 240 Å². The number of hydrogen-bond donors (Lipinski definition) is 0. The van der Waals surface area contributed by atoms with Crippen LogP contribution in [0.15, 0.2) is 97.4 Å². The lowest BCUT2D eigenvalue weighted by Crippen LogP contribution is -2.26. The Labute approximate surface area is 706 Å². The van der Waals surface area contributed by atoms with Crippen LogP contribution in [0.5, 0.6) is 0 Å². The fraction of sp³-hybridized carbons (Fsp3) is 0.500. The molecular weight excluding hydrogens is 1540 g/mol. The summed E-state index contributed by atoms with van der Waals surface area (Å²) in [5.74, 6) is -1.64. The van der Waals surface area contributed by atoms with E-state index in [1.165, 1.54) is 197 Å². The average Bonchev–Trinajstić information content (AvgIpc) is 1.63. The zero-order valence-electron chi connectivity index (χ0n) is 73.3. The molecule has 0 N–H and O–H groups in total. The van der Waals surface area contributed by atoms with Crippen LogP contribution in [0.25, 0.3) is 64.8 Å². The maximum Gasteiger partial charge on any atom is 0.164 e. The van der Waals surface area contributed by atoms with Crippen LogP contribution in [-0.4, -0.2) is 79.1 Å². The van der Waals surface area contributed by atoms with Gasteiger partial charge in [0.2, 0.25) is 0 Å². The quantitative estimate of drug-likeness (QED) is 0.0576. The van der Waals surface area contributed by atoms with Gasteiger partial charge in [0.1, 0.15) is 60.8 Å². The largest absolute Gasteiger partial charge is 0.254 e. The fourth-order valence-electron chi connectivity index (χ4n) is 13.9. The van der Waals surface area contributed by atoms with E-state index in [1.807, 2.05) is 63.3 Å². The molecule has 25 heteroatoms. The summed E-state index contributed by atoms with van der Waals surface area (Å²) in [6.45, 7) is 47.0. The minimum Gasteiger partial charge on any atom is -0.254 e. The molecule has 117 heavy (non-hydrogen) atoms. The van der Waals surface area contributed by atoms with Crippen molar-refractivity contribution in [2.45, 2.75) is 305 Å². The first kappa shape index (κ1) is 91.9. The van der Waals surface area contributed by atoms with Crippen LogP contribution in [0.3, 0.4) is 0 Å². The Morgan fingerprint density at radius 2 is 0.581 bits per heavy atom. The highest BCUT2D eigenvalue weighted by atomic mass is 32.1. The lowest BCUT2D eigenvalue weighted by molar-refractivity contribution is 0.315. The molecule has 0 amide bonds. The topological polar surface area (TPSA) is 227 Å². The van der Waals surface area contributed by atoms with E-state index in [1.54, 1.807) is 22.7 Å². The molecule has 19 nitrogen and oxygen atoms in total. The molecule has 2 aliphatic heterocycles. The van der Waals surface area contributed by atoms with E-state index in [-0.39, 0.29) is 22.5 Å². The molecule has 624 valence electrons. The predicted octanol–water partition coefficient (Wildman–Crippen LogP) is 23.6. The molecule has 7 aromatic carbocycles. The molecule has 0 saturated heterocycles. The van der Waals surface area contributed by atoms with Crippen LogP contribution in [0.2, 0.25) is 0 Å². The maximum absolute atomic E-state index is 13.2. The molecule has 14 aromatic rings. The first-order valence-electron chi connectivity index (χ1n) is 41.9. The monoisotopic (exact) mass is 1660 g/mol. The third-order valence-electron chi connectivity index (χ3n) is 21.2. The van der Waals surface area contributed by atoms with Crippen molar-refractivity contribution in [3.05, 3.63) is 194 Å². The Bertz CT molecular complexity index is 5460. The number of aromatic nitrogens is 14. The second-order valence-corrected chi connectivity index (χ2v) is 35.2. The molecule has 2 aliphatic rings. The molecule has 0 saturated carbocycles. The lowest BCUT2D eigenvalue weighted by Gasteiger charge is -2.23. The molecule has 16 rings (SSSR count). The second kappa shape index (κ2) is 43.6. The summed E-state index contributed by atoms with van der Waals surface area (Å²) in [6.07, 6.45) is 25.5. The summed E-state index contributed by atoms with van der Waals surface area (Å²) in [7, 11) is 0. The number of unbranched alkanes of at least 4 members (excludes halogenated alkanes) is 14. The Kier molecular flexibility index (Phi) is 34.2. The first-order valence-corrected chi connectivity index (χ1v) is 45.0. The third-order valence-corrected chi connectivity index (χ3v) is 24.1. The van der Waals surface area contributed by atoms with Gasteiger partial charge in [0.15, 0.2) is 27.0 Å². The van der Waals surface area contributed by atoms with Crippen molar-refractivity contribution in [2.24, 2.45) is 20.0 Å². The minimum absolute atomic E-state index is 0.166. The molecule has 0 bridgehead atoms. The number of halogens is 2. The number of thiazole rings is 2. The third kappa shape index (κ3) is 24.6. The van der Waals surface area contributed by atoms with Crippen molar-refractivity contribution >= 4 is 111 Å². The zero-order chi connectivity index (χ0) is 84.7. The predicted molar refractivity (Wildman–Crippen MR) is 482 cm³/mol. The zero-order valence-corrected chi connectivity index (χ0v) is 76.6. The molecule has 0 aliphatic carbocycles. The highest BCUT2D eigenvalue weighted by Crippen LogP contribution is 2.32. The smallest absolute Gasteiger partial charge is 0.164 e. The Hall–Kier alpha value is -9.04. The van der Waals surface area contributed by atoms with Crippen LogP contribution < -0.4 is 21.4 Å². The van der Waals surface area contributed by atoms with E-state index in [9.17, 15) is 8.78 Å². The Balaban J connectivity index is 0.000000155. The fourth-order valence-corrected chi connectivity index (χ4v) is 17.1. The number of hydrogen-bond acceptors (Lipinski definition) is 21. The van der Waals surface area contributed by atoms with Gasteiger partial charge in [-0.1, -0.05) is 213 Å². The van der Waals surface area contributed by atoms with E-state index in [4.69, 9.17) is 9.98 Å². The van der Waals surface area contributed by atoms with Gasteiger partial charge in [-0.25, -0.2) is 23.4 Å². The van der Waals surface area contributed by atoms with E-state index in [0.717, 1.165) is 134 Å². The molecule has 0 unspecified atom stereocenters. The molecular formula is C92H122F2N18OS4. The van der Waals surface area contributed by atoms with Crippen molar-refractivity contribution < 1.29 is 13.4 Å². The summed E-state index contributed by atoms with van der Waals surface area (Å²) < 4.78 is 47.2. The highest BCUT2D eigenvalue weighted by molar-refractivity contribution is 7.26.